The Morgan fingerprint density at radius 3 is 0.961 bits per heavy atom. The SMILES string of the molecule is CCCCCCCCCCCCCCCCCCCC(=O)OCC1OC(OC2C(O)C(O)C(O)C(OC3OC(CO)C(O)C(O)C3O)C2OP(=O)(O)OCC(COC(=O)CCCCCCCCCCCCCCCCCC)OC(=O)CCCCCCCCCCCCCCCC)C(O)C(O)C1O. The Hall–Kier alpha value is -2.04. The molecular weight excluding hydrogens is 1340 g/mol. The van der Waals surface area contributed by atoms with Gasteiger partial charge in [-0.05, 0) is 19.3 Å². The van der Waals surface area contributed by atoms with E-state index >= 15 is 0 Å². The van der Waals surface area contributed by atoms with E-state index in [2.05, 4.69) is 20.8 Å². The zero-order chi connectivity index (χ0) is 74.6. The van der Waals surface area contributed by atoms with Crippen molar-refractivity contribution in [2.24, 2.45) is 0 Å². The van der Waals surface area contributed by atoms with Gasteiger partial charge in [-0.3, -0.25) is 23.4 Å². The Morgan fingerprint density at radius 2 is 0.627 bits per heavy atom. The van der Waals surface area contributed by atoms with Crippen molar-refractivity contribution in [1.82, 2.24) is 0 Å². The molecule has 0 aromatic rings. The minimum Gasteiger partial charge on any atom is -0.463 e. The van der Waals surface area contributed by atoms with Crippen LogP contribution in [-0.2, 0) is 61.2 Å². The molecule has 3 fully saturated rings. The van der Waals surface area contributed by atoms with E-state index in [1.165, 1.54) is 193 Å². The molecule has 0 aromatic carbocycles. The average molecular weight is 1490 g/mol. The molecule has 102 heavy (non-hydrogen) atoms. The summed E-state index contributed by atoms with van der Waals surface area (Å²) in [7, 11) is -5.69. The van der Waals surface area contributed by atoms with Gasteiger partial charge in [0, 0.05) is 19.3 Å². The van der Waals surface area contributed by atoms with E-state index in [0.717, 1.165) is 89.9 Å². The molecular formula is C77H145O24P. The van der Waals surface area contributed by atoms with Crippen LogP contribution in [0.3, 0.4) is 0 Å². The van der Waals surface area contributed by atoms with Crippen LogP contribution in [0, 0.1) is 0 Å². The first-order chi connectivity index (χ1) is 49.3. The van der Waals surface area contributed by atoms with Crippen molar-refractivity contribution in [3.8, 4) is 0 Å². The van der Waals surface area contributed by atoms with Gasteiger partial charge in [-0.25, -0.2) is 4.57 Å². The molecule has 0 amide bonds. The zero-order valence-electron chi connectivity index (χ0n) is 63.2. The minimum absolute atomic E-state index is 0.0329. The van der Waals surface area contributed by atoms with Crippen LogP contribution in [0.25, 0.3) is 0 Å². The van der Waals surface area contributed by atoms with Gasteiger partial charge in [-0.2, -0.15) is 0 Å². The fourth-order valence-electron chi connectivity index (χ4n) is 13.8. The van der Waals surface area contributed by atoms with Crippen LogP contribution in [0.15, 0.2) is 0 Å². The highest BCUT2D eigenvalue weighted by atomic mass is 31.2. The fraction of sp³-hybridized carbons (Fsp3) is 0.961. The van der Waals surface area contributed by atoms with Crippen molar-refractivity contribution in [1.29, 1.82) is 0 Å². The minimum atomic E-state index is -5.69. The Morgan fingerprint density at radius 1 is 0.343 bits per heavy atom. The maximum atomic E-state index is 14.4. The van der Waals surface area contributed by atoms with Gasteiger partial charge in [0.2, 0.25) is 0 Å². The Balaban J connectivity index is 1.69. The largest absolute Gasteiger partial charge is 0.472 e. The molecule has 18 atom stereocenters. The highest BCUT2D eigenvalue weighted by Gasteiger charge is 2.58. The Labute approximate surface area is 612 Å². The van der Waals surface area contributed by atoms with Crippen molar-refractivity contribution in [3.05, 3.63) is 0 Å². The smallest absolute Gasteiger partial charge is 0.463 e. The quantitative estimate of drug-likeness (QED) is 0.0117. The molecule has 2 heterocycles. The van der Waals surface area contributed by atoms with Gasteiger partial charge in [0.05, 0.1) is 13.2 Å². The fourth-order valence-corrected chi connectivity index (χ4v) is 14.7. The van der Waals surface area contributed by atoms with E-state index in [-0.39, 0.29) is 19.3 Å². The van der Waals surface area contributed by atoms with Gasteiger partial charge in [0.1, 0.15) is 98.7 Å². The molecule has 1 saturated carbocycles. The number of esters is 3. The van der Waals surface area contributed by atoms with Gasteiger partial charge in [0.25, 0.3) is 0 Å². The lowest BCUT2D eigenvalue weighted by atomic mass is 9.84. The number of hydrogen-bond donors (Lipinski definition) is 11. The summed E-state index contributed by atoms with van der Waals surface area (Å²) in [5.41, 5.74) is 0. The number of rotatable bonds is 65. The molecule has 0 spiro atoms. The summed E-state index contributed by atoms with van der Waals surface area (Å²) in [5.74, 6) is -1.97. The second-order valence-corrected chi connectivity index (χ2v) is 30.9. The highest BCUT2D eigenvalue weighted by Crippen LogP contribution is 2.49. The molecule has 25 heteroatoms. The van der Waals surface area contributed by atoms with Crippen LogP contribution in [-0.4, -0.2) is 204 Å². The van der Waals surface area contributed by atoms with Gasteiger partial charge >= 0.3 is 25.7 Å². The number of ether oxygens (including phenoxy) is 7. The molecule has 2 saturated heterocycles. The van der Waals surface area contributed by atoms with Gasteiger partial charge < -0.3 is 89.1 Å². The van der Waals surface area contributed by atoms with Crippen molar-refractivity contribution in [2.75, 3.05) is 26.4 Å². The predicted molar refractivity (Wildman–Crippen MR) is 389 cm³/mol. The molecule has 3 rings (SSSR count). The summed E-state index contributed by atoms with van der Waals surface area (Å²) in [6.07, 6.45) is 18.5. The number of unbranched alkanes of at least 4 members (excludes halogenated alkanes) is 44. The summed E-state index contributed by atoms with van der Waals surface area (Å²) in [5, 5.41) is 110. The van der Waals surface area contributed by atoms with Crippen LogP contribution in [0.1, 0.15) is 342 Å². The lowest BCUT2D eigenvalue weighted by Gasteiger charge is -2.49. The highest BCUT2D eigenvalue weighted by molar-refractivity contribution is 7.47. The lowest BCUT2D eigenvalue weighted by molar-refractivity contribution is -0.360. The van der Waals surface area contributed by atoms with E-state index in [1.807, 2.05) is 0 Å². The molecule has 11 N–H and O–H groups in total. The molecule has 0 bridgehead atoms. The number of phosphoric acid groups is 1. The summed E-state index contributed by atoms with van der Waals surface area (Å²) in [4.78, 5) is 51.1. The number of carbonyl (C=O) groups excluding carboxylic acids is 3. The lowest BCUT2D eigenvalue weighted by Crippen LogP contribution is -2.69. The summed E-state index contributed by atoms with van der Waals surface area (Å²) in [6.45, 7) is 3.51. The first kappa shape index (κ1) is 94.2. The molecule has 2 aliphatic heterocycles. The van der Waals surface area contributed by atoms with E-state index in [0.29, 0.717) is 19.3 Å². The van der Waals surface area contributed by atoms with Crippen molar-refractivity contribution in [2.45, 2.75) is 446 Å². The van der Waals surface area contributed by atoms with Crippen LogP contribution < -0.4 is 0 Å². The molecule has 0 radical (unpaired) electrons. The first-order valence-electron chi connectivity index (χ1n) is 40.8. The maximum absolute atomic E-state index is 14.4. The van der Waals surface area contributed by atoms with E-state index in [9.17, 15) is 74.9 Å². The molecule has 3 aliphatic rings. The second kappa shape index (κ2) is 58.9. The van der Waals surface area contributed by atoms with Crippen LogP contribution >= 0.6 is 7.82 Å². The number of carbonyl (C=O) groups is 3. The summed E-state index contributed by atoms with van der Waals surface area (Å²) in [6, 6.07) is 0. The third kappa shape index (κ3) is 41.0. The van der Waals surface area contributed by atoms with E-state index in [4.69, 9.17) is 42.2 Å². The summed E-state index contributed by atoms with van der Waals surface area (Å²) >= 11 is 0. The number of hydrogen-bond acceptors (Lipinski definition) is 23. The van der Waals surface area contributed by atoms with Gasteiger partial charge in [-0.15, -0.1) is 0 Å². The monoisotopic (exact) mass is 1480 g/mol. The molecule has 24 nitrogen and oxygen atoms in total. The topological polar surface area (TPSA) is 374 Å². The standard InChI is InChI=1S/C77H145O24P/c1-4-7-10-13-16-19-22-25-28-30-32-35-37-40-43-46-49-52-62(80)94-57-60-65(83)67(85)72(90)77(98-60)100-74-70(88)68(86)69(87)73(99-76-71(89)66(84)64(82)59(54-78)97-76)75(74)101-102(91,92)95-56-58(96-63(81)53-50-47-44-41-38-33-27-24-21-18-15-12-9-6-3)55-93-61(79)51-48-45-42-39-36-34-31-29-26-23-20-17-14-11-8-5-2/h58-60,64-78,82-90H,4-57H2,1-3H3,(H,91,92). The predicted octanol–water partition coefficient (Wildman–Crippen LogP) is 12.5. The van der Waals surface area contributed by atoms with Gasteiger partial charge in [0.15, 0.2) is 18.7 Å². The third-order valence-corrected chi connectivity index (χ3v) is 21.4. The number of phosphoric ester groups is 1. The van der Waals surface area contributed by atoms with Crippen LogP contribution in [0.4, 0.5) is 0 Å². The number of aliphatic hydroxyl groups excluding tert-OH is 10. The molecule has 1 aliphatic carbocycles. The van der Waals surface area contributed by atoms with Crippen molar-refractivity contribution in [3.63, 3.8) is 0 Å². The van der Waals surface area contributed by atoms with E-state index in [1.54, 1.807) is 0 Å². The normalized spacial score (nSPS) is 27.0. The van der Waals surface area contributed by atoms with E-state index < -0.39 is 156 Å². The maximum Gasteiger partial charge on any atom is 0.472 e. The summed E-state index contributed by atoms with van der Waals surface area (Å²) < 4.78 is 65.2. The van der Waals surface area contributed by atoms with Gasteiger partial charge in [-0.1, -0.05) is 303 Å². The first-order valence-corrected chi connectivity index (χ1v) is 42.3. The third-order valence-electron chi connectivity index (χ3n) is 20.4. The Kier molecular flexibility index (Phi) is 54.4. The second-order valence-electron chi connectivity index (χ2n) is 29.5. The average Bonchev–Trinajstić information content (AvgIpc) is 0.761. The number of aliphatic hydroxyl groups is 10. The van der Waals surface area contributed by atoms with Crippen molar-refractivity contribution < 1.29 is 117 Å². The molecule has 0 aromatic heterocycles. The van der Waals surface area contributed by atoms with Crippen LogP contribution in [0.5, 0.6) is 0 Å². The Bertz CT molecular complexity index is 2100. The van der Waals surface area contributed by atoms with Crippen molar-refractivity contribution >= 4 is 25.7 Å². The molecule has 18 unspecified atom stereocenters. The zero-order valence-corrected chi connectivity index (χ0v) is 64.1. The molecule has 602 valence electrons. The van der Waals surface area contributed by atoms with Crippen LogP contribution in [0.2, 0.25) is 0 Å².